The third-order valence-corrected chi connectivity index (χ3v) is 5.89. The van der Waals surface area contributed by atoms with Crippen molar-refractivity contribution >= 4 is 29.4 Å². The van der Waals surface area contributed by atoms with E-state index >= 15 is 0 Å². The SMILES string of the molecule is Cc1cccc(C(=O)NC2CCC3(CC2)NC(=O)NC3=O)c1NC(=O)c1ccncc1. The number of pyridine rings is 1. The Morgan fingerprint density at radius 1 is 1.06 bits per heavy atom. The molecule has 1 aromatic heterocycles. The molecule has 1 saturated heterocycles. The van der Waals surface area contributed by atoms with E-state index in [4.69, 9.17) is 0 Å². The molecule has 1 aliphatic carbocycles. The number of para-hydroxylation sites is 1. The van der Waals surface area contributed by atoms with Gasteiger partial charge in [-0.05, 0) is 56.4 Å². The van der Waals surface area contributed by atoms with E-state index in [1.165, 1.54) is 12.4 Å². The summed E-state index contributed by atoms with van der Waals surface area (Å²) >= 11 is 0. The molecule has 1 aromatic carbocycles. The number of aromatic nitrogens is 1. The van der Waals surface area contributed by atoms with Crippen molar-refractivity contribution in [2.45, 2.75) is 44.2 Å². The van der Waals surface area contributed by atoms with Crippen LogP contribution in [0.5, 0.6) is 0 Å². The fourth-order valence-electron chi connectivity index (χ4n) is 4.11. The zero-order chi connectivity index (χ0) is 22.0. The maximum atomic E-state index is 13.0. The number of nitrogens with zero attached hydrogens (tertiary/aromatic N) is 1. The molecule has 0 bridgehead atoms. The van der Waals surface area contributed by atoms with Gasteiger partial charge in [0.1, 0.15) is 5.54 Å². The van der Waals surface area contributed by atoms with Crippen molar-refractivity contribution < 1.29 is 19.2 Å². The van der Waals surface area contributed by atoms with Crippen molar-refractivity contribution in [1.82, 2.24) is 20.9 Å². The fraction of sp³-hybridized carbons (Fsp3) is 0.318. The summed E-state index contributed by atoms with van der Waals surface area (Å²) in [6.07, 6.45) is 5.09. The Bertz CT molecular complexity index is 1050. The Labute approximate surface area is 179 Å². The molecular weight excluding hydrogens is 398 g/mol. The van der Waals surface area contributed by atoms with Gasteiger partial charge in [-0.15, -0.1) is 0 Å². The van der Waals surface area contributed by atoms with E-state index in [-0.39, 0.29) is 23.8 Å². The number of hydrogen-bond acceptors (Lipinski definition) is 5. The van der Waals surface area contributed by atoms with Gasteiger partial charge in [0, 0.05) is 24.0 Å². The quantitative estimate of drug-likeness (QED) is 0.560. The van der Waals surface area contributed by atoms with Crippen LogP contribution in [-0.2, 0) is 4.79 Å². The smallest absolute Gasteiger partial charge is 0.322 e. The predicted octanol–water partition coefficient (Wildman–Crippen LogP) is 1.89. The molecular formula is C22H23N5O4. The summed E-state index contributed by atoms with van der Waals surface area (Å²) in [6, 6.07) is 7.85. The number of anilines is 1. The molecule has 4 rings (SSSR count). The highest BCUT2D eigenvalue weighted by molar-refractivity contribution is 6.10. The molecule has 31 heavy (non-hydrogen) atoms. The van der Waals surface area contributed by atoms with Gasteiger partial charge in [-0.2, -0.15) is 0 Å². The summed E-state index contributed by atoms with van der Waals surface area (Å²) in [4.78, 5) is 53.1. The zero-order valence-corrected chi connectivity index (χ0v) is 17.0. The molecule has 0 unspecified atom stereocenters. The molecule has 9 heteroatoms. The molecule has 0 atom stereocenters. The van der Waals surface area contributed by atoms with Gasteiger partial charge in [-0.1, -0.05) is 12.1 Å². The number of benzene rings is 1. The number of rotatable bonds is 4. The first-order valence-corrected chi connectivity index (χ1v) is 10.1. The Morgan fingerprint density at radius 2 is 1.77 bits per heavy atom. The van der Waals surface area contributed by atoms with Crippen LogP contribution in [0.2, 0.25) is 0 Å². The van der Waals surface area contributed by atoms with E-state index < -0.39 is 11.6 Å². The monoisotopic (exact) mass is 421 g/mol. The molecule has 1 spiro atoms. The molecule has 1 saturated carbocycles. The second kappa shape index (κ2) is 8.17. The predicted molar refractivity (Wildman–Crippen MR) is 112 cm³/mol. The number of carbonyl (C=O) groups is 4. The van der Waals surface area contributed by atoms with Gasteiger partial charge in [0.25, 0.3) is 17.7 Å². The third-order valence-electron chi connectivity index (χ3n) is 5.89. The maximum absolute atomic E-state index is 13.0. The minimum atomic E-state index is -0.870. The normalized spacial score (nSPS) is 22.5. The summed E-state index contributed by atoms with van der Waals surface area (Å²) in [7, 11) is 0. The Morgan fingerprint density at radius 3 is 2.42 bits per heavy atom. The largest absolute Gasteiger partial charge is 0.349 e. The first-order valence-electron chi connectivity index (χ1n) is 10.1. The number of hydrogen-bond donors (Lipinski definition) is 4. The van der Waals surface area contributed by atoms with Crippen molar-refractivity contribution in [1.29, 1.82) is 0 Å². The minimum absolute atomic E-state index is 0.132. The molecule has 160 valence electrons. The lowest BCUT2D eigenvalue weighted by molar-refractivity contribution is -0.125. The molecule has 1 aliphatic heterocycles. The number of nitrogens with one attached hydrogen (secondary N) is 4. The van der Waals surface area contributed by atoms with Crippen LogP contribution in [-0.4, -0.2) is 40.3 Å². The Balaban J connectivity index is 1.45. The van der Waals surface area contributed by atoms with Crippen molar-refractivity contribution in [2.75, 3.05) is 5.32 Å². The van der Waals surface area contributed by atoms with E-state index in [1.54, 1.807) is 24.3 Å². The number of aryl methyl sites for hydroxylation is 1. The molecule has 2 heterocycles. The Kier molecular flexibility index (Phi) is 5.41. The van der Waals surface area contributed by atoms with Crippen LogP contribution < -0.4 is 21.3 Å². The number of imide groups is 1. The van der Waals surface area contributed by atoms with Crippen molar-refractivity contribution in [3.63, 3.8) is 0 Å². The van der Waals surface area contributed by atoms with E-state index in [1.807, 2.05) is 13.0 Å². The van der Waals surface area contributed by atoms with E-state index in [9.17, 15) is 19.2 Å². The van der Waals surface area contributed by atoms with E-state index in [2.05, 4.69) is 26.3 Å². The fourth-order valence-corrected chi connectivity index (χ4v) is 4.11. The molecule has 2 aliphatic rings. The van der Waals surface area contributed by atoms with Crippen LogP contribution in [0.3, 0.4) is 0 Å². The molecule has 5 amide bonds. The summed E-state index contributed by atoms with van der Waals surface area (Å²) in [5.74, 6) is -0.926. The number of urea groups is 1. The second-order valence-corrected chi connectivity index (χ2v) is 7.93. The average molecular weight is 421 g/mol. The van der Waals surface area contributed by atoms with Crippen LogP contribution in [0.15, 0.2) is 42.7 Å². The highest BCUT2D eigenvalue weighted by Crippen LogP contribution is 2.31. The summed E-state index contributed by atoms with van der Waals surface area (Å²) < 4.78 is 0. The van der Waals surface area contributed by atoms with Gasteiger partial charge < -0.3 is 16.0 Å². The van der Waals surface area contributed by atoms with Crippen LogP contribution in [0.4, 0.5) is 10.5 Å². The molecule has 9 nitrogen and oxygen atoms in total. The third kappa shape index (κ3) is 4.11. The second-order valence-electron chi connectivity index (χ2n) is 7.93. The zero-order valence-electron chi connectivity index (χ0n) is 17.0. The average Bonchev–Trinajstić information content (AvgIpc) is 3.04. The van der Waals surface area contributed by atoms with Gasteiger partial charge in [-0.3, -0.25) is 24.7 Å². The van der Waals surface area contributed by atoms with Gasteiger partial charge in [-0.25, -0.2) is 4.79 Å². The lowest BCUT2D eigenvalue weighted by atomic mass is 9.79. The number of amides is 5. The summed E-state index contributed by atoms with van der Waals surface area (Å²) in [5.41, 5.74) is 1.17. The summed E-state index contributed by atoms with van der Waals surface area (Å²) in [6.45, 7) is 1.82. The first kappa shape index (κ1) is 20.5. The lowest BCUT2D eigenvalue weighted by Crippen LogP contribution is -2.52. The minimum Gasteiger partial charge on any atom is -0.349 e. The lowest BCUT2D eigenvalue weighted by Gasteiger charge is -2.34. The summed E-state index contributed by atoms with van der Waals surface area (Å²) in [5, 5.41) is 10.8. The van der Waals surface area contributed by atoms with Gasteiger partial charge in [0.05, 0.1) is 11.3 Å². The van der Waals surface area contributed by atoms with Crippen LogP contribution in [0, 0.1) is 6.92 Å². The van der Waals surface area contributed by atoms with Crippen LogP contribution in [0.25, 0.3) is 0 Å². The molecule has 2 fully saturated rings. The van der Waals surface area contributed by atoms with Crippen molar-refractivity contribution in [3.05, 3.63) is 59.4 Å². The molecule has 4 N–H and O–H groups in total. The highest BCUT2D eigenvalue weighted by Gasteiger charge is 2.48. The van der Waals surface area contributed by atoms with Crippen molar-refractivity contribution in [3.8, 4) is 0 Å². The van der Waals surface area contributed by atoms with Gasteiger partial charge in [0.15, 0.2) is 0 Å². The van der Waals surface area contributed by atoms with Gasteiger partial charge in [0.2, 0.25) is 0 Å². The highest BCUT2D eigenvalue weighted by atomic mass is 16.2. The standard InChI is InChI=1S/C22H23N5O4/c1-13-3-2-4-16(17(13)25-18(28)14-7-11-23-12-8-14)19(29)24-15-5-9-22(10-6-15)20(30)26-21(31)27-22/h2-4,7-8,11-12,15H,5-6,9-10H2,1H3,(H,24,29)(H,25,28)(H2,26,27,30,31). The van der Waals surface area contributed by atoms with E-state index in [0.29, 0.717) is 42.5 Å². The number of carbonyl (C=O) groups excluding carboxylic acids is 4. The van der Waals surface area contributed by atoms with E-state index in [0.717, 1.165) is 5.56 Å². The molecule has 2 aromatic rings. The Hall–Kier alpha value is -3.75. The van der Waals surface area contributed by atoms with Crippen molar-refractivity contribution in [2.24, 2.45) is 0 Å². The topological polar surface area (TPSA) is 129 Å². The van der Waals surface area contributed by atoms with Crippen LogP contribution in [0.1, 0.15) is 52.0 Å². The maximum Gasteiger partial charge on any atom is 0.322 e. The van der Waals surface area contributed by atoms with Crippen LogP contribution >= 0.6 is 0 Å². The first-order chi connectivity index (χ1) is 14.9. The van der Waals surface area contributed by atoms with Gasteiger partial charge >= 0.3 is 6.03 Å². The molecule has 0 radical (unpaired) electrons.